The molecular formula is C14H16N2O3S2. The highest BCUT2D eigenvalue weighted by Crippen LogP contribution is 2.38. The van der Waals surface area contributed by atoms with Crippen molar-refractivity contribution in [3.63, 3.8) is 0 Å². The number of ketones is 2. The van der Waals surface area contributed by atoms with Crippen molar-refractivity contribution >= 4 is 45.0 Å². The van der Waals surface area contributed by atoms with Crippen molar-refractivity contribution in [2.45, 2.75) is 32.6 Å². The second-order valence-corrected chi connectivity index (χ2v) is 7.51. The number of amides is 1. The molecule has 0 radical (unpaired) electrons. The molecule has 112 valence electrons. The van der Waals surface area contributed by atoms with Gasteiger partial charge in [-0.2, -0.15) is 0 Å². The Morgan fingerprint density at radius 2 is 2.14 bits per heavy atom. The molecule has 1 fully saturated rings. The molecule has 1 unspecified atom stereocenters. The van der Waals surface area contributed by atoms with Crippen LogP contribution in [0.4, 0.5) is 9.93 Å². The first-order valence-corrected chi connectivity index (χ1v) is 8.91. The number of thioether (sulfide) groups is 1. The fourth-order valence-electron chi connectivity index (χ4n) is 2.52. The summed E-state index contributed by atoms with van der Waals surface area (Å²) in [6.45, 7) is 1.90. The fraction of sp³-hybridized carbons (Fsp3) is 0.571. The first-order valence-electron chi connectivity index (χ1n) is 7.11. The summed E-state index contributed by atoms with van der Waals surface area (Å²) >= 11 is 2.36. The van der Waals surface area contributed by atoms with E-state index in [4.69, 9.17) is 0 Å². The first kappa shape index (κ1) is 14.7. The number of aryl methyl sites for hydroxylation is 1. The minimum absolute atomic E-state index is 0.103. The Balaban J connectivity index is 1.75. The van der Waals surface area contributed by atoms with Gasteiger partial charge in [-0.1, -0.05) is 30.0 Å². The summed E-state index contributed by atoms with van der Waals surface area (Å²) in [5, 5.41) is 2.99. The smallest absolute Gasteiger partial charge is 0.285 e. The Labute approximate surface area is 130 Å². The van der Waals surface area contributed by atoms with Gasteiger partial charge in [0.15, 0.2) is 10.9 Å². The van der Waals surface area contributed by atoms with Crippen molar-refractivity contribution in [2.24, 2.45) is 11.8 Å². The number of hydrogen-bond acceptors (Lipinski definition) is 6. The Kier molecular flexibility index (Phi) is 4.12. The van der Waals surface area contributed by atoms with Crippen LogP contribution in [0.25, 0.3) is 0 Å². The lowest BCUT2D eigenvalue weighted by Gasteiger charge is -2.18. The molecule has 1 aromatic heterocycles. The van der Waals surface area contributed by atoms with E-state index in [1.165, 1.54) is 23.1 Å². The number of aromatic nitrogens is 1. The van der Waals surface area contributed by atoms with E-state index in [-0.39, 0.29) is 22.7 Å². The third-order valence-corrected chi connectivity index (χ3v) is 5.40. The lowest BCUT2D eigenvalue weighted by atomic mass is 9.85. The van der Waals surface area contributed by atoms with Crippen LogP contribution < -0.4 is 5.32 Å². The van der Waals surface area contributed by atoms with Crippen LogP contribution in [0.2, 0.25) is 0 Å². The Morgan fingerprint density at radius 3 is 2.81 bits per heavy atom. The van der Waals surface area contributed by atoms with E-state index < -0.39 is 5.92 Å². The van der Waals surface area contributed by atoms with Gasteiger partial charge in [-0.3, -0.25) is 19.7 Å². The molecule has 1 heterocycles. The number of thiazole rings is 1. The summed E-state index contributed by atoms with van der Waals surface area (Å²) in [5.74, 6) is 0.307. The van der Waals surface area contributed by atoms with Gasteiger partial charge in [0.25, 0.3) is 5.24 Å². The first-order chi connectivity index (χ1) is 10.1. The number of nitrogens with zero attached hydrogens (tertiary/aromatic N) is 1. The van der Waals surface area contributed by atoms with Gasteiger partial charge in [0, 0.05) is 5.92 Å². The van der Waals surface area contributed by atoms with Crippen LogP contribution >= 0.6 is 23.1 Å². The zero-order chi connectivity index (χ0) is 15.0. The largest absolute Gasteiger partial charge is 0.299 e. The van der Waals surface area contributed by atoms with E-state index in [2.05, 4.69) is 10.3 Å². The zero-order valence-electron chi connectivity index (χ0n) is 11.7. The van der Waals surface area contributed by atoms with E-state index >= 15 is 0 Å². The minimum atomic E-state index is -0.487. The number of carbonyl (C=O) groups is 3. The molecule has 1 amide bonds. The molecule has 0 aliphatic heterocycles. The molecule has 0 saturated heterocycles. The summed E-state index contributed by atoms with van der Waals surface area (Å²) < 4.78 is 0. The van der Waals surface area contributed by atoms with Crippen molar-refractivity contribution < 1.29 is 14.4 Å². The van der Waals surface area contributed by atoms with Crippen LogP contribution in [0.1, 0.15) is 41.6 Å². The molecule has 2 aliphatic carbocycles. The molecule has 3 rings (SSSR count). The lowest BCUT2D eigenvalue weighted by molar-refractivity contribution is -0.122. The van der Waals surface area contributed by atoms with Crippen molar-refractivity contribution in [2.75, 3.05) is 11.1 Å². The van der Waals surface area contributed by atoms with Gasteiger partial charge < -0.3 is 0 Å². The molecule has 1 atom stereocenters. The standard InChI is InChI=1S/C14H16N2O3S2/c1-2-20-14(19)16-13-15-9-6-5-8(10(17)7-3-4-7)11(18)12(9)21-13/h7-8H,2-6H2,1H3,(H,15,16,19). The van der Waals surface area contributed by atoms with Crippen molar-refractivity contribution in [3.05, 3.63) is 10.6 Å². The van der Waals surface area contributed by atoms with Gasteiger partial charge in [-0.05, 0) is 31.4 Å². The highest BCUT2D eigenvalue weighted by molar-refractivity contribution is 8.13. The summed E-state index contributed by atoms with van der Waals surface area (Å²) in [6.07, 6.45) is 3.04. The van der Waals surface area contributed by atoms with Crippen LogP contribution in [0.5, 0.6) is 0 Å². The molecule has 5 nitrogen and oxygen atoms in total. The maximum absolute atomic E-state index is 12.4. The van der Waals surface area contributed by atoms with Crippen LogP contribution in [0, 0.1) is 11.8 Å². The van der Waals surface area contributed by atoms with E-state index in [1.54, 1.807) is 0 Å². The number of anilines is 1. The fourth-order valence-corrected chi connectivity index (χ4v) is 4.01. The highest BCUT2D eigenvalue weighted by atomic mass is 32.2. The molecule has 0 spiro atoms. The van der Waals surface area contributed by atoms with Crippen LogP contribution in [0.15, 0.2) is 0 Å². The maximum Gasteiger partial charge on any atom is 0.285 e. The summed E-state index contributed by atoms with van der Waals surface area (Å²) in [5.41, 5.74) is 0.724. The lowest BCUT2D eigenvalue weighted by Crippen LogP contribution is -2.29. The summed E-state index contributed by atoms with van der Waals surface area (Å²) in [7, 11) is 0. The topological polar surface area (TPSA) is 76.1 Å². The van der Waals surface area contributed by atoms with Crippen molar-refractivity contribution in [1.29, 1.82) is 0 Å². The summed E-state index contributed by atoms with van der Waals surface area (Å²) in [4.78, 5) is 41.0. The van der Waals surface area contributed by atoms with Crippen molar-refractivity contribution in [3.8, 4) is 0 Å². The van der Waals surface area contributed by atoms with Gasteiger partial charge in [0.2, 0.25) is 0 Å². The SMILES string of the molecule is CCSC(=O)Nc1nc2c(s1)C(=O)C(C(=O)C1CC1)CC2. The number of fused-ring (bicyclic) bond motifs is 1. The Bertz CT molecular complexity index is 607. The maximum atomic E-state index is 12.4. The molecule has 21 heavy (non-hydrogen) atoms. The number of nitrogens with one attached hydrogen (secondary N) is 1. The normalized spacial score (nSPS) is 21.0. The van der Waals surface area contributed by atoms with Gasteiger partial charge in [-0.15, -0.1) is 0 Å². The third kappa shape index (κ3) is 3.03. The molecule has 0 aromatic carbocycles. The van der Waals surface area contributed by atoms with E-state index in [0.29, 0.717) is 28.6 Å². The molecule has 1 aromatic rings. The van der Waals surface area contributed by atoms with E-state index in [0.717, 1.165) is 18.5 Å². The second kappa shape index (κ2) is 5.88. The van der Waals surface area contributed by atoms with Crippen LogP contribution in [-0.4, -0.2) is 27.5 Å². The van der Waals surface area contributed by atoms with Crippen LogP contribution in [0.3, 0.4) is 0 Å². The van der Waals surface area contributed by atoms with Crippen LogP contribution in [-0.2, 0) is 11.2 Å². The second-order valence-electron chi connectivity index (χ2n) is 5.27. The number of rotatable bonds is 4. The average Bonchev–Trinajstić information content (AvgIpc) is 3.20. The predicted octanol–water partition coefficient (Wildman–Crippen LogP) is 3.15. The number of Topliss-reactive ketones (excluding diaryl/α,β-unsaturated/α-hetero) is 2. The average molecular weight is 324 g/mol. The van der Waals surface area contributed by atoms with Gasteiger partial charge in [0.05, 0.1) is 16.5 Å². The molecular weight excluding hydrogens is 308 g/mol. The number of hydrogen-bond donors (Lipinski definition) is 1. The van der Waals surface area contributed by atoms with Gasteiger partial charge >= 0.3 is 0 Å². The van der Waals surface area contributed by atoms with E-state index in [1.807, 2.05) is 6.92 Å². The Morgan fingerprint density at radius 1 is 1.38 bits per heavy atom. The van der Waals surface area contributed by atoms with Crippen molar-refractivity contribution in [1.82, 2.24) is 4.98 Å². The summed E-state index contributed by atoms with van der Waals surface area (Å²) in [6, 6.07) is 0. The van der Waals surface area contributed by atoms with Gasteiger partial charge in [0.1, 0.15) is 5.78 Å². The molecule has 1 saturated carbocycles. The minimum Gasteiger partial charge on any atom is -0.299 e. The Hall–Kier alpha value is -1.21. The molecule has 7 heteroatoms. The predicted molar refractivity (Wildman–Crippen MR) is 83.1 cm³/mol. The molecule has 1 N–H and O–H groups in total. The third-order valence-electron chi connectivity index (χ3n) is 3.72. The number of carbonyl (C=O) groups excluding carboxylic acids is 3. The highest BCUT2D eigenvalue weighted by Gasteiger charge is 2.41. The van der Waals surface area contributed by atoms with E-state index in [9.17, 15) is 14.4 Å². The van der Waals surface area contributed by atoms with Gasteiger partial charge in [-0.25, -0.2) is 4.98 Å². The molecule has 2 aliphatic rings. The quantitative estimate of drug-likeness (QED) is 0.861. The zero-order valence-corrected chi connectivity index (χ0v) is 13.3. The monoisotopic (exact) mass is 324 g/mol. The molecule has 0 bridgehead atoms.